The van der Waals surface area contributed by atoms with Gasteiger partial charge in [-0.05, 0) is 18.6 Å². The van der Waals surface area contributed by atoms with Crippen LogP contribution in [0.25, 0.3) is 0 Å². The molecule has 2 N–H and O–H groups in total. The molecule has 10 nitrogen and oxygen atoms in total. The first kappa shape index (κ1) is 21.3. The minimum Gasteiger partial charge on any atom is -0.452 e. The molecule has 0 saturated carbocycles. The third kappa shape index (κ3) is 3.49. The zero-order valence-corrected chi connectivity index (χ0v) is 16.9. The predicted molar refractivity (Wildman–Crippen MR) is 105 cm³/mol. The average Bonchev–Trinajstić information content (AvgIpc) is 3.10. The number of ether oxygens (including phenoxy) is 1. The van der Waals surface area contributed by atoms with Crippen molar-refractivity contribution in [2.24, 2.45) is 0 Å². The minimum absolute atomic E-state index is 0.0593. The van der Waals surface area contributed by atoms with E-state index in [2.05, 4.69) is 5.32 Å². The van der Waals surface area contributed by atoms with Gasteiger partial charge in [0.25, 0.3) is 11.8 Å². The SMILES string of the molecule is CCCCN1C(=O)c2ccccc2N2C(=O)CC[C@@]12C(=O)OCC(=O)NC(=O)NC. The lowest BCUT2D eigenvalue weighted by Crippen LogP contribution is -2.68. The molecule has 0 aliphatic carbocycles. The number of esters is 1. The van der Waals surface area contributed by atoms with E-state index >= 15 is 0 Å². The van der Waals surface area contributed by atoms with Crippen molar-refractivity contribution in [3.05, 3.63) is 29.8 Å². The van der Waals surface area contributed by atoms with Crippen LogP contribution in [0.3, 0.4) is 0 Å². The number of hydrogen-bond donors (Lipinski definition) is 2. The second-order valence-corrected chi connectivity index (χ2v) is 7.08. The molecule has 1 atom stereocenters. The summed E-state index contributed by atoms with van der Waals surface area (Å²) in [5.41, 5.74) is -0.959. The molecular weight excluding hydrogens is 392 g/mol. The maximum absolute atomic E-state index is 13.3. The number of nitrogens with zero attached hydrogens (tertiary/aromatic N) is 2. The summed E-state index contributed by atoms with van der Waals surface area (Å²) in [7, 11) is 1.34. The Bertz CT molecular complexity index is 901. The number of imide groups is 1. The van der Waals surface area contributed by atoms with Gasteiger partial charge >= 0.3 is 12.0 Å². The molecule has 2 aliphatic heterocycles. The average molecular weight is 416 g/mol. The molecule has 10 heteroatoms. The number of amides is 5. The lowest BCUT2D eigenvalue weighted by molar-refractivity contribution is -0.160. The predicted octanol–water partition coefficient (Wildman–Crippen LogP) is 0.764. The molecule has 0 bridgehead atoms. The molecule has 0 unspecified atom stereocenters. The number of fused-ring (bicyclic) bond motifs is 3. The lowest BCUT2D eigenvalue weighted by Gasteiger charge is -2.48. The van der Waals surface area contributed by atoms with E-state index in [1.807, 2.05) is 12.2 Å². The van der Waals surface area contributed by atoms with Crippen LogP contribution in [0.5, 0.6) is 0 Å². The Morgan fingerprint density at radius 2 is 1.93 bits per heavy atom. The van der Waals surface area contributed by atoms with E-state index in [9.17, 15) is 24.0 Å². The first-order valence-electron chi connectivity index (χ1n) is 9.79. The van der Waals surface area contributed by atoms with Crippen LogP contribution in [0.1, 0.15) is 43.0 Å². The van der Waals surface area contributed by atoms with Crippen molar-refractivity contribution >= 4 is 35.4 Å². The van der Waals surface area contributed by atoms with Gasteiger partial charge in [0, 0.05) is 26.4 Å². The Morgan fingerprint density at radius 3 is 2.63 bits per heavy atom. The molecule has 3 rings (SSSR count). The van der Waals surface area contributed by atoms with E-state index in [4.69, 9.17) is 4.74 Å². The summed E-state index contributed by atoms with van der Waals surface area (Å²) >= 11 is 0. The Kier molecular flexibility index (Phi) is 6.04. The van der Waals surface area contributed by atoms with Crippen LogP contribution in [0.15, 0.2) is 24.3 Å². The molecule has 1 aromatic rings. The van der Waals surface area contributed by atoms with E-state index < -0.39 is 30.2 Å². The maximum Gasteiger partial charge on any atom is 0.354 e. The van der Waals surface area contributed by atoms with Crippen LogP contribution < -0.4 is 15.5 Å². The van der Waals surface area contributed by atoms with Crippen LogP contribution in [-0.4, -0.2) is 60.5 Å². The summed E-state index contributed by atoms with van der Waals surface area (Å²) < 4.78 is 5.20. The van der Waals surface area contributed by atoms with E-state index in [1.165, 1.54) is 16.8 Å². The highest BCUT2D eigenvalue weighted by Gasteiger charge is 2.61. The van der Waals surface area contributed by atoms with Crippen LogP contribution in [-0.2, 0) is 19.1 Å². The van der Waals surface area contributed by atoms with Gasteiger partial charge in [0.05, 0.1) is 11.3 Å². The summed E-state index contributed by atoms with van der Waals surface area (Å²) in [6.07, 6.45) is 1.52. The monoisotopic (exact) mass is 416 g/mol. The number of unbranched alkanes of at least 4 members (excludes halogenated alkanes) is 1. The summed E-state index contributed by atoms with van der Waals surface area (Å²) in [6, 6.07) is 5.89. The fourth-order valence-electron chi connectivity index (χ4n) is 3.84. The van der Waals surface area contributed by atoms with E-state index in [0.717, 1.165) is 6.42 Å². The van der Waals surface area contributed by atoms with Crippen LogP contribution >= 0.6 is 0 Å². The summed E-state index contributed by atoms with van der Waals surface area (Å²) in [4.78, 5) is 65.1. The third-order valence-corrected chi connectivity index (χ3v) is 5.25. The Morgan fingerprint density at radius 1 is 1.20 bits per heavy atom. The molecule has 2 heterocycles. The number of nitrogens with one attached hydrogen (secondary N) is 2. The molecule has 5 amide bonds. The Hall–Kier alpha value is -3.43. The number of anilines is 1. The molecule has 1 aromatic carbocycles. The summed E-state index contributed by atoms with van der Waals surface area (Å²) in [6.45, 7) is 1.49. The van der Waals surface area contributed by atoms with Gasteiger partial charge in [-0.3, -0.25) is 24.6 Å². The highest BCUT2D eigenvalue weighted by Crippen LogP contribution is 2.45. The van der Waals surface area contributed by atoms with Crippen LogP contribution in [0.2, 0.25) is 0 Å². The van der Waals surface area contributed by atoms with Crippen molar-refractivity contribution < 1.29 is 28.7 Å². The van der Waals surface area contributed by atoms with Crippen molar-refractivity contribution in [3.63, 3.8) is 0 Å². The number of urea groups is 1. The van der Waals surface area contributed by atoms with Crippen LogP contribution in [0.4, 0.5) is 10.5 Å². The first-order chi connectivity index (χ1) is 14.4. The van der Waals surface area contributed by atoms with E-state index in [-0.39, 0.29) is 31.2 Å². The quantitative estimate of drug-likeness (QED) is 0.660. The Balaban J connectivity index is 1.96. The van der Waals surface area contributed by atoms with Gasteiger partial charge in [-0.25, -0.2) is 9.59 Å². The summed E-state index contributed by atoms with van der Waals surface area (Å²) in [5.74, 6) is -2.36. The van der Waals surface area contributed by atoms with Gasteiger partial charge in [-0.2, -0.15) is 0 Å². The third-order valence-electron chi connectivity index (χ3n) is 5.25. The number of benzene rings is 1. The maximum atomic E-state index is 13.3. The largest absolute Gasteiger partial charge is 0.452 e. The fourth-order valence-corrected chi connectivity index (χ4v) is 3.84. The molecule has 0 aromatic heterocycles. The highest BCUT2D eigenvalue weighted by molar-refractivity contribution is 6.15. The van der Waals surface area contributed by atoms with Gasteiger partial charge in [-0.1, -0.05) is 25.5 Å². The van der Waals surface area contributed by atoms with Gasteiger partial charge in [0.15, 0.2) is 6.61 Å². The van der Waals surface area contributed by atoms with Gasteiger partial charge in [0.2, 0.25) is 11.6 Å². The number of carbonyl (C=O) groups is 5. The van der Waals surface area contributed by atoms with Crippen molar-refractivity contribution in [1.29, 1.82) is 0 Å². The minimum atomic E-state index is -1.65. The Labute approximate surface area is 173 Å². The molecule has 1 saturated heterocycles. The zero-order valence-electron chi connectivity index (χ0n) is 16.9. The number of rotatable bonds is 6. The summed E-state index contributed by atoms with van der Waals surface area (Å²) in [5, 5.41) is 4.21. The molecule has 2 aliphatic rings. The van der Waals surface area contributed by atoms with E-state index in [1.54, 1.807) is 24.3 Å². The standard InChI is InChI=1S/C20H24N4O6/c1-3-4-11-23-17(27)13-7-5-6-8-14(13)24-16(26)9-10-20(23,24)18(28)30-12-15(25)22-19(29)21-2/h5-8H,3-4,9-12H2,1-2H3,(H2,21,22,25,29)/t20-/m1/s1. The van der Waals surface area contributed by atoms with Crippen molar-refractivity contribution in [2.45, 2.75) is 38.3 Å². The van der Waals surface area contributed by atoms with E-state index in [0.29, 0.717) is 17.7 Å². The molecular formula is C20H24N4O6. The van der Waals surface area contributed by atoms with Gasteiger partial charge < -0.3 is 15.0 Å². The molecule has 0 radical (unpaired) electrons. The number of carbonyl (C=O) groups excluding carboxylic acids is 5. The normalized spacial score (nSPS) is 19.8. The second-order valence-electron chi connectivity index (χ2n) is 7.08. The fraction of sp³-hybridized carbons (Fsp3) is 0.450. The van der Waals surface area contributed by atoms with Crippen LogP contribution in [0, 0.1) is 0 Å². The molecule has 160 valence electrons. The topological polar surface area (TPSA) is 125 Å². The molecule has 1 fully saturated rings. The van der Waals surface area contributed by atoms with Crippen molar-refractivity contribution in [3.8, 4) is 0 Å². The van der Waals surface area contributed by atoms with Crippen molar-refractivity contribution in [1.82, 2.24) is 15.5 Å². The lowest BCUT2D eigenvalue weighted by atomic mass is 9.96. The smallest absolute Gasteiger partial charge is 0.354 e. The highest BCUT2D eigenvalue weighted by atomic mass is 16.5. The first-order valence-corrected chi connectivity index (χ1v) is 9.79. The zero-order chi connectivity index (χ0) is 21.9. The number of hydrogen-bond acceptors (Lipinski definition) is 6. The number of para-hydroxylation sites is 1. The second kappa shape index (κ2) is 8.52. The van der Waals surface area contributed by atoms with Crippen molar-refractivity contribution in [2.75, 3.05) is 25.1 Å². The molecule has 30 heavy (non-hydrogen) atoms. The molecule has 0 spiro atoms. The van der Waals surface area contributed by atoms with Gasteiger partial charge in [-0.15, -0.1) is 0 Å². The van der Waals surface area contributed by atoms with Gasteiger partial charge in [0.1, 0.15) is 0 Å².